The zero-order valence-corrected chi connectivity index (χ0v) is 14.6. The van der Waals surface area contributed by atoms with E-state index < -0.39 is 0 Å². The van der Waals surface area contributed by atoms with E-state index in [1.807, 2.05) is 36.4 Å². The van der Waals surface area contributed by atoms with Gasteiger partial charge in [-0.2, -0.15) is 0 Å². The molecule has 130 valence electrons. The highest BCUT2D eigenvalue weighted by Crippen LogP contribution is 2.17. The third-order valence-corrected chi connectivity index (χ3v) is 4.73. The summed E-state index contributed by atoms with van der Waals surface area (Å²) in [6.45, 7) is 0.650. The van der Waals surface area contributed by atoms with Crippen molar-refractivity contribution in [3.05, 3.63) is 70.0 Å². The molecule has 0 bridgehead atoms. The SMILES string of the molecule is COC1CCc2nc3cc(C#Cc4ccccn4)ccc3c(=O)n2CC1. The molecule has 0 amide bonds. The van der Waals surface area contributed by atoms with Gasteiger partial charge in [-0.3, -0.25) is 9.36 Å². The van der Waals surface area contributed by atoms with Gasteiger partial charge in [0.15, 0.2) is 0 Å². The molecule has 4 rings (SSSR count). The van der Waals surface area contributed by atoms with Crippen LogP contribution in [0.3, 0.4) is 0 Å². The third kappa shape index (κ3) is 3.24. The summed E-state index contributed by atoms with van der Waals surface area (Å²) in [6, 6.07) is 11.2. The summed E-state index contributed by atoms with van der Waals surface area (Å²) in [5, 5.41) is 0.632. The Morgan fingerprint density at radius 3 is 2.92 bits per heavy atom. The highest BCUT2D eigenvalue weighted by molar-refractivity contribution is 5.79. The van der Waals surface area contributed by atoms with Crippen LogP contribution in [0.25, 0.3) is 10.9 Å². The fourth-order valence-electron chi connectivity index (χ4n) is 3.28. The summed E-state index contributed by atoms with van der Waals surface area (Å²) in [7, 11) is 1.72. The lowest BCUT2D eigenvalue weighted by Crippen LogP contribution is -2.24. The Balaban J connectivity index is 1.74. The predicted molar refractivity (Wildman–Crippen MR) is 100.0 cm³/mol. The van der Waals surface area contributed by atoms with Crippen molar-refractivity contribution in [1.82, 2.24) is 14.5 Å². The molecule has 0 aliphatic carbocycles. The molecule has 0 spiro atoms. The number of ether oxygens (including phenoxy) is 1. The minimum atomic E-state index is 0.0194. The van der Waals surface area contributed by atoms with E-state index in [1.165, 1.54) is 0 Å². The number of methoxy groups -OCH3 is 1. The number of pyridine rings is 1. The van der Waals surface area contributed by atoms with Crippen LogP contribution < -0.4 is 5.56 Å². The average Bonchev–Trinajstić information content (AvgIpc) is 2.89. The van der Waals surface area contributed by atoms with Crippen LogP contribution in [0.5, 0.6) is 0 Å². The highest BCUT2D eigenvalue weighted by Gasteiger charge is 2.18. The number of hydrogen-bond donors (Lipinski definition) is 0. The van der Waals surface area contributed by atoms with E-state index in [1.54, 1.807) is 17.9 Å². The van der Waals surface area contributed by atoms with E-state index in [-0.39, 0.29) is 11.7 Å². The molecular formula is C21H19N3O2. The monoisotopic (exact) mass is 345 g/mol. The van der Waals surface area contributed by atoms with Crippen LogP contribution in [0, 0.1) is 11.8 Å². The van der Waals surface area contributed by atoms with Gasteiger partial charge >= 0.3 is 0 Å². The Hall–Kier alpha value is -2.97. The summed E-state index contributed by atoms with van der Waals surface area (Å²) in [5.74, 6) is 6.97. The average molecular weight is 345 g/mol. The van der Waals surface area contributed by atoms with Crippen molar-refractivity contribution in [2.75, 3.05) is 7.11 Å². The quantitative estimate of drug-likeness (QED) is 0.636. The van der Waals surface area contributed by atoms with E-state index >= 15 is 0 Å². The predicted octanol–water partition coefficient (Wildman–Crippen LogP) is 2.54. The Labute approximate surface area is 151 Å². The van der Waals surface area contributed by atoms with E-state index in [2.05, 4.69) is 16.8 Å². The molecular weight excluding hydrogens is 326 g/mol. The number of rotatable bonds is 1. The molecule has 26 heavy (non-hydrogen) atoms. The van der Waals surface area contributed by atoms with Gasteiger partial charge in [-0.25, -0.2) is 9.97 Å². The summed E-state index contributed by atoms with van der Waals surface area (Å²) in [6.07, 6.45) is 4.36. The van der Waals surface area contributed by atoms with Crippen molar-refractivity contribution in [2.45, 2.75) is 31.9 Å². The molecule has 1 unspecified atom stereocenters. The largest absolute Gasteiger partial charge is 0.381 e. The van der Waals surface area contributed by atoms with Crippen LogP contribution in [0.2, 0.25) is 0 Å². The number of fused-ring (bicyclic) bond motifs is 2. The van der Waals surface area contributed by atoms with Gasteiger partial charge in [-0.1, -0.05) is 12.0 Å². The second-order valence-corrected chi connectivity index (χ2v) is 6.37. The second-order valence-electron chi connectivity index (χ2n) is 6.37. The molecule has 3 aromatic rings. The number of nitrogens with zero attached hydrogens (tertiary/aromatic N) is 3. The number of benzene rings is 1. The van der Waals surface area contributed by atoms with Crippen molar-refractivity contribution >= 4 is 10.9 Å². The normalized spacial score (nSPS) is 16.4. The smallest absolute Gasteiger partial charge is 0.261 e. The molecule has 0 fully saturated rings. The lowest BCUT2D eigenvalue weighted by molar-refractivity contribution is 0.0885. The molecule has 1 aliphatic rings. The first-order chi connectivity index (χ1) is 12.7. The summed E-state index contributed by atoms with van der Waals surface area (Å²) in [5.41, 5.74) is 2.26. The fourth-order valence-corrected chi connectivity index (χ4v) is 3.28. The van der Waals surface area contributed by atoms with Gasteiger partial charge in [-0.05, 0) is 49.1 Å². The van der Waals surface area contributed by atoms with Gasteiger partial charge in [0.2, 0.25) is 0 Å². The van der Waals surface area contributed by atoms with Crippen molar-refractivity contribution < 1.29 is 4.74 Å². The topological polar surface area (TPSA) is 57.0 Å². The van der Waals surface area contributed by atoms with Crippen LogP contribution in [-0.4, -0.2) is 27.7 Å². The fraction of sp³-hybridized carbons (Fsp3) is 0.286. The Kier molecular flexibility index (Phi) is 4.51. The molecule has 3 heterocycles. The summed E-state index contributed by atoms with van der Waals surface area (Å²) < 4.78 is 7.26. The summed E-state index contributed by atoms with van der Waals surface area (Å²) >= 11 is 0. The molecule has 1 atom stereocenters. The summed E-state index contributed by atoms with van der Waals surface area (Å²) in [4.78, 5) is 21.8. The molecule has 0 saturated heterocycles. The molecule has 5 nitrogen and oxygen atoms in total. The number of hydrogen-bond acceptors (Lipinski definition) is 4. The van der Waals surface area contributed by atoms with E-state index in [9.17, 15) is 4.79 Å². The number of aryl methyl sites for hydroxylation is 1. The van der Waals surface area contributed by atoms with Gasteiger partial charge in [-0.15, -0.1) is 0 Å². The van der Waals surface area contributed by atoms with Gasteiger partial charge in [0.25, 0.3) is 5.56 Å². The van der Waals surface area contributed by atoms with Crippen LogP contribution in [-0.2, 0) is 17.7 Å². The zero-order valence-electron chi connectivity index (χ0n) is 14.6. The lowest BCUT2D eigenvalue weighted by Gasteiger charge is -2.10. The maximum absolute atomic E-state index is 12.8. The van der Waals surface area contributed by atoms with Crippen LogP contribution in [0.1, 0.15) is 29.9 Å². The lowest BCUT2D eigenvalue weighted by atomic mass is 10.1. The first-order valence-electron chi connectivity index (χ1n) is 8.74. The third-order valence-electron chi connectivity index (χ3n) is 4.73. The Morgan fingerprint density at radius 2 is 2.12 bits per heavy atom. The minimum absolute atomic E-state index is 0.0194. The number of aromatic nitrogens is 3. The molecule has 2 aromatic heterocycles. The molecule has 0 saturated carbocycles. The maximum atomic E-state index is 12.8. The van der Waals surface area contributed by atoms with Crippen molar-refractivity contribution in [1.29, 1.82) is 0 Å². The van der Waals surface area contributed by atoms with Gasteiger partial charge in [0.05, 0.1) is 17.0 Å². The van der Waals surface area contributed by atoms with Crippen molar-refractivity contribution in [3.63, 3.8) is 0 Å². The van der Waals surface area contributed by atoms with E-state index in [4.69, 9.17) is 9.72 Å². The first kappa shape index (κ1) is 16.5. The Bertz CT molecular complexity index is 1060. The molecule has 1 aliphatic heterocycles. The van der Waals surface area contributed by atoms with Crippen LogP contribution >= 0.6 is 0 Å². The standard InChI is InChI=1S/C21H19N3O2/c1-26-17-8-10-20-23-19-14-15(5-7-16-4-2-3-12-22-16)6-9-18(19)21(25)24(20)13-11-17/h2-4,6,9,12,14,17H,8,10-11,13H2,1H3. The van der Waals surface area contributed by atoms with E-state index in [0.29, 0.717) is 23.1 Å². The molecule has 5 heteroatoms. The van der Waals surface area contributed by atoms with E-state index in [0.717, 1.165) is 30.7 Å². The van der Waals surface area contributed by atoms with Gasteiger partial charge in [0, 0.05) is 31.8 Å². The zero-order chi connectivity index (χ0) is 17.9. The highest BCUT2D eigenvalue weighted by atomic mass is 16.5. The second kappa shape index (κ2) is 7.11. The molecule has 0 radical (unpaired) electrons. The van der Waals surface area contributed by atoms with Gasteiger partial charge in [0.1, 0.15) is 11.5 Å². The molecule has 0 N–H and O–H groups in total. The maximum Gasteiger partial charge on any atom is 0.261 e. The van der Waals surface area contributed by atoms with Crippen molar-refractivity contribution in [2.24, 2.45) is 0 Å². The Morgan fingerprint density at radius 1 is 1.19 bits per heavy atom. The van der Waals surface area contributed by atoms with Crippen molar-refractivity contribution in [3.8, 4) is 11.8 Å². The first-order valence-corrected chi connectivity index (χ1v) is 8.74. The minimum Gasteiger partial charge on any atom is -0.381 e. The van der Waals surface area contributed by atoms with Crippen LogP contribution in [0.4, 0.5) is 0 Å². The molecule has 1 aromatic carbocycles. The van der Waals surface area contributed by atoms with Crippen LogP contribution in [0.15, 0.2) is 47.4 Å². The van der Waals surface area contributed by atoms with Gasteiger partial charge < -0.3 is 4.74 Å².